The number of thioether (sulfide) groups is 1. The molecule has 0 saturated carbocycles. The number of rotatable bonds is 6. The highest BCUT2D eigenvalue weighted by atomic mass is 32.2. The molecule has 0 radical (unpaired) electrons. The van der Waals surface area contributed by atoms with Gasteiger partial charge in [0.15, 0.2) is 5.03 Å². The number of sulfonamides is 1. The molecule has 0 bridgehead atoms. The molecule has 108 valence electrons. The highest BCUT2D eigenvalue weighted by Gasteiger charge is 2.16. The second kappa shape index (κ2) is 6.74. The summed E-state index contributed by atoms with van der Waals surface area (Å²) in [5.74, 6) is 2.36. The van der Waals surface area contributed by atoms with Crippen molar-refractivity contribution in [3.05, 3.63) is 12.5 Å². The number of imidazole rings is 1. The Labute approximate surface area is 118 Å². The van der Waals surface area contributed by atoms with Crippen molar-refractivity contribution in [2.24, 2.45) is 7.05 Å². The van der Waals surface area contributed by atoms with Crippen molar-refractivity contribution in [2.75, 3.05) is 37.7 Å². The van der Waals surface area contributed by atoms with E-state index in [2.05, 4.69) is 14.6 Å². The fraction of sp³-hybridized carbons (Fsp3) is 0.727. The van der Waals surface area contributed by atoms with Crippen LogP contribution in [0.5, 0.6) is 0 Å². The standard InChI is InChI=1S/C11H20N4O2S2/c1-14-9-11(12-10-14)19(16,17)13-3-2-4-15-5-7-18-8-6-15/h9-10,13H,2-8H2,1H3. The van der Waals surface area contributed by atoms with Crippen molar-refractivity contribution in [3.8, 4) is 0 Å². The third kappa shape index (κ3) is 4.48. The summed E-state index contributed by atoms with van der Waals surface area (Å²) < 4.78 is 28.0. The van der Waals surface area contributed by atoms with Crippen LogP contribution in [0.15, 0.2) is 17.6 Å². The Balaban J connectivity index is 1.72. The quantitative estimate of drug-likeness (QED) is 0.757. The molecule has 2 rings (SSSR count). The van der Waals surface area contributed by atoms with Gasteiger partial charge in [0.2, 0.25) is 0 Å². The van der Waals surface area contributed by atoms with Crippen LogP contribution in [0.25, 0.3) is 0 Å². The van der Waals surface area contributed by atoms with Gasteiger partial charge in [-0.25, -0.2) is 18.1 Å². The van der Waals surface area contributed by atoms with Gasteiger partial charge in [0.05, 0.1) is 6.33 Å². The third-order valence-corrected chi connectivity index (χ3v) is 5.29. The van der Waals surface area contributed by atoms with E-state index in [4.69, 9.17) is 0 Å². The van der Waals surface area contributed by atoms with Crippen LogP contribution in [-0.2, 0) is 17.1 Å². The summed E-state index contributed by atoms with van der Waals surface area (Å²) in [5, 5.41) is 0.0874. The smallest absolute Gasteiger partial charge is 0.259 e. The first-order chi connectivity index (χ1) is 9.08. The minimum absolute atomic E-state index is 0.0874. The Morgan fingerprint density at radius 3 is 2.79 bits per heavy atom. The molecule has 0 amide bonds. The van der Waals surface area contributed by atoms with Gasteiger partial charge < -0.3 is 9.47 Å². The summed E-state index contributed by atoms with van der Waals surface area (Å²) in [5.41, 5.74) is 0. The summed E-state index contributed by atoms with van der Waals surface area (Å²) >= 11 is 1.98. The van der Waals surface area contributed by atoms with Gasteiger partial charge in [-0.2, -0.15) is 11.8 Å². The lowest BCUT2D eigenvalue weighted by molar-refractivity contribution is 0.299. The maximum absolute atomic E-state index is 11.9. The molecule has 6 nitrogen and oxygen atoms in total. The molecule has 8 heteroatoms. The molecule has 1 aromatic rings. The van der Waals surface area contributed by atoms with Crippen molar-refractivity contribution in [3.63, 3.8) is 0 Å². The molecule has 19 heavy (non-hydrogen) atoms. The van der Waals surface area contributed by atoms with E-state index in [1.165, 1.54) is 24.0 Å². The van der Waals surface area contributed by atoms with Crippen LogP contribution in [0.3, 0.4) is 0 Å². The lowest BCUT2D eigenvalue weighted by Gasteiger charge is -2.25. The summed E-state index contributed by atoms with van der Waals surface area (Å²) in [6.45, 7) is 3.63. The minimum Gasteiger partial charge on any atom is -0.339 e. The van der Waals surface area contributed by atoms with E-state index in [0.717, 1.165) is 26.1 Å². The van der Waals surface area contributed by atoms with Gasteiger partial charge in [0.25, 0.3) is 10.0 Å². The second-order valence-electron chi connectivity index (χ2n) is 4.58. The Morgan fingerprint density at radius 2 is 2.16 bits per heavy atom. The predicted molar refractivity (Wildman–Crippen MR) is 76.8 cm³/mol. The van der Waals surface area contributed by atoms with Gasteiger partial charge in [-0.15, -0.1) is 0 Å². The van der Waals surface area contributed by atoms with E-state index in [9.17, 15) is 8.42 Å². The molecule has 1 saturated heterocycles. The van der Waals surface area contributed by atoms with Gasteiger partial charge in [0, 0.05) is 44.4 Å². The zero-order valence-corrected chi connectivity index (χ0v) is 12.7. The Kier molecular flexibility index (Phi) is 5.26. The third-order valence-electron chi connectivity index (χ3n) is 3.00. The predicted octanol–water partition coefficient (Wildman–Crippen LogP) is 0.137. The van der Waals surface area contributed by atoms with E-state index in [1.807, 2.05) is 11.8 Å². The number of hydrogen-bond acceptors (Lipinski definition) is 5. The zero-order chi connectivity index (χ0) is 13.7. The van der Waals surface area contributed by atoms with Gasteiger partial charge in [0.1, 0.15) is 0 Å². The average molecular weight is 304 g/mol. The Hall–Kier alpha value is -0.570. The lowest BCUT2D eigenvalue weighted by atomic mass is 10.4. The second-order valence-corrected chi connectivity index (χ2v) is 7.52. The normalized spacial score (nSPS) is 17.7. The van der Waals surface area contributed by atoms with Crippen LogP contribution in [0.2, 0.25) is 0 Å². The number of hydrogen-bond donors (Lipinski definition) is 1. The zero-order valence-electron chi connectivity index (χ0n) is 11.1. The van der Waals surface area contributed by atoms with Crippen molar-refractivity contribution in [1.82, 2.24) is 19.2 Å². The fourth-order valence-electron chi connectivity index (χ4n) is 1.94. The van der Waals surface area contributed by atoms with E-state index in [1.54, 1.807) is 11.6 Å². The summed E-state index contributed by atoms with van der Waals surface area (Å²) in [4.78, 5) is 6.24. The van der Waals surface area contributed by atoms with Crippen LogP contribution < -0.4 is 4.72 Å². The van der Waals surface area contributed by atoms with Crippen molar-refractivity contribution >= 4 is 21.8 Å². The molecular weight excluding hydrogens is 284 g/mol. The maximum atomic E-state index is 11.9. The van der Waals surface area contributed by atoms with Crippen LogP contribution in [-0.4, -0.2) is 60.6 Å². The summed E-state index contributed by atoms with van der Waals surface area (Å²) in [6, 6.07) is 0. The molecule has 1 aliphatic heterocycles. The van der Waals surface area contributed by atoms with Crippen LogP contribution in [0.1, 0.15) is 6.42 Å². The van der Waals surface area contributed by atoms with Crippen molar-refractivity contribution in [1.29, 1.82) is 0 Å². The number of aryl methyl sites for hydroxylation is 1. The SMILES string of the molecule is Cn1cnc(S(=O)(=O)NCCCN2CCSCC2)c1. The number of nitrogens with one attached hydrogen (secondary N) is 1. The molecule has 1 N–H and O–H groups in total. The van der Waals surface area contributed by atoms with E-state index < -0.39 is 10.0 Å². The molecule has 0 atom stereocenters. The highest BCUT2D eigenvalue weighted by Crippen LogP contribution is 2.09. The van der Waals surface area contributed by atoms with E-state index >= 15 is 0 Å². The van der Waals surface area contributed by atoms with Crippen molar-refractivity contribution < 1.29 is 8.42 Å². The van der Waals surface area contributed by atoms with Gasteiger partial charge in [-0.1, -0.05) is 0 Å². The first kappa shape index (κ1) is 14.8. The largest absolute Gasteiger partial charge is 0.339 e. The van der Waals surface area contributed by atoms with Crippen LogP contribution in [0, 0.1) is 0 Å². The molecule has 1 aliphatic rings. The van der Waals surface area contributed by atoms with E-state index in [-0.39, 0.29) is 5.03 Å². The Bertz CT molecular complexity index is 495. The maximum Gasteiger partial charge on any atom is 0.259 e. The van der Waals surface area contributed by atoms with Gasteiger partial charge >= 0.3 is 0 Å². The van der Waals surface area contributed by atoms with Crippen molar-refractivity contribution in [2.45, 2.75) is 11.4 Å². The first-order valence-corrected chi connectivity index (χ1v) is 8.99. The first-order valence-electron chi connectivity index (χ1n) is 6.36. The lowest BCUT2D eigenvalue weighted by Crippen LogP contribution is -2.35. The topological polar surface area (TPSA) is 67.2 Å². The molecule has 0 spiro atoms. The van der Waals surface area contributed by atoms with Crippen LogP contribution >= 0.6 is 11.8 Å². The number of aromatic nitrogens is 2. The molecule has 0 unspecified atom stereocenters. The van der Waals surface area contributed by atoms with Gasteiger partial charge in [-0.3, -0.25) is 0 Å². The average Bonchev–Trinajstić information content (AvgIpc) is 2.84. The summed E-state index contributed by atoms with van der Waals surface area (Å²) in [7, 11) is -1.70. The molecular formula is C11H20N4O2S2. The van der Waals surface area contributed by atoms with Gasteiger partial charge in [-0.05, 0) is 13.0 Å². The fourth-order valence-corrected chi connectivity index (χ4v) is 3.97. The van der Waals surface area contributed by atoms with E-state index in [0.29, 0.717) is 6.54 Å². The molecule has 1 fully saturated rings. The molecule has 1 aromatic heterocycles. The Morgan fingerprint density at radius 1 is 1.42 bits per heavy atom. The number of nitrogens with zero attached hydrogens (tertiary/aromatic N) is 3. The van der Waals surface area contributed by atoms with Crippen LogP contribution in [0.4, 0.5) is 0 Å². The molecule has 0 aliphatic carbocycles. The molecule has 0 aromatic carbocycles. The monoisotopic (exact) mass is 304 g/mol. The molecule has 2 heterocycles. The highest BCUT2D eigenvalue weighted by molar-refractivity contribution is 7.99. The summed E-state index contributed by atoms with van der Waals surface area (Å²) in [6.07, 6.45) is 3.82. The minimum atomic E-state index is -3.45.